The van der Waals surface area contributed by atoms with Crippen molar-refractivity contribution in [1.29, 1.82) is 0 Å². The van der Waals surface area contributed by atoms with Crippen molar-refractivity contribution < 1.29 is 9.53 Å². The molecule has 1 fully saturated rings. The number of nitrogens with zero attached hydrogens (tertiary/aromatic N) is 3. The number of aromatic nitrogens is 2. The number of hydrogen-bond acceptors (Lipinski definition) is 5. The van der Waals surface area contributed by atoms with Crippen LogP contribution in [0.2, 0.25) is 0 Å². The molecule has 0 saturated heterocycles. The molecule has 2 aromatic carbocycles. The zero-order valence-corrected chi connectivity index (χ0v) is 19.4. The largest absolute Gasteiger partial charge is 0.383 e. The van der Waals surface area contributed by atoms with Crippen molar-refractivity contribution >= 4 is 11.6 Å². The quantitative estimate of drug-likeness (QED) is 0.507. The van der Waals surface area contributed by atoms with Gasteiger partial charge in [-0.1, -0.05) is 49.7 Å². The van der Waals surface area contributed by atoms with Crippen molar-refractivity contribution in [3.63, 3.8) is 0 Å². The van der Waals surface area contributed by atoms with Gasteiger partial charge in [0, 0.05) is 55.8 Å². The van der Waals surface area contributed by atoms with Gasteiger partial charge in [-0.05, 0) is 41.7 Å². The van der Waals surface area contributed by atoms with Crippen LogP contribution in [0.3, 0.4) is 0 Å². The average Bonchev–Trinajstić information content (AvgIpc) is 3.65. The zero-order valence-electron chi connectivity index (χ0n) is 19.4. The van der Waals surface area contributed by atoms with E-state index in [1.165, 1.54) is 11.1 Å². The fraction of sp³-hybridized carbons (Fsp3) is 0.370. The molecule has 1 aromatic heterocycles. The van der Waals surface area contributed by atoms with Crippen LogP contribution in [0, 0.1) is 5.92 Å². The summed E-state index contributed by atoms with van der Waals surface area (Å²) in [5.41, 5.74) is 11.6. The van der Waals surface area contributed by atoms with Gasteiger partial charge in [0.15, 0.2) is 0 Å². The van der Waals surface area contributed by atoms with Gasteiger partial charge in [-0.2, -0.15) is 0 Å². The van der Waals surface area contributed by atoms with E-state index >= 15 is 0 Å². The van der Waals surface area contributed by atoms with Gasteiger partial charge < -0.3 is 15.4 Å². The van der Waals surface area contributed by atoms with Crippen LogP contribution in [-0.2, 0) is 16.0 Å². The maximum atomic E-state index is 13.5. The third-order valence-corrected chi connectivity index (χ3v) is 6.14. The molecule has 1 heterocycles. The van der Waals surface area contributed by atoms with Crippen LogP contribution in [0.1, 0.15) is 36.9 Å². The normalized spacial score (nSPS) is 18.0. The first kappa shape index (κ1) is 23.1. The van der Waals surface area contributed by atoms with Gasteiger partial charge in [0.05, 0.1) is 12.3 Å². The fourth-order valence-corrected chi connectivity index (χ4v) is 4.31. The van der Waals surface area contributed by atoms with Crippen LogP contribution in [0.15, 0.2) is 67.1 Å². The van der Waals surface area contributed by atoms with Crippen molar-refractivity contribution in [3.05, 3.63) is 78.4 Å². The Kier molecular flexibility index (Phi) is 7.47. The third kappa shape index (κ3) is 5.64. The van der Waals surface area contributed by atoms with Gasteiger partial charge in [-0.15, -0.1) is 0 Å². The Balaban J connectivity index is 1.52. The van der Waals surface area contributed by atoms with E-state index in [1.54, 1.807) is 30.6 Å². The van der Waals surface area contributed by atoms with Crippen molar-refractivity contribution in [2.24, 2.45) is 11.7 Å². The number of benzene rings is 2. The zero-order chi connectivity index (χ0) is 23.2. The SMILES string of the molecule is CCCc1ccc(-c2ccc(N(C[C@@H](N)COC)C(=O)[C@H]3C[C@@H]3c3cnccn3)cc2)cc1. The lowest BCUT2D eigenvalue weighted by Gasteiger charge is -2.26. The van der Waals surface area contributed by atoms with E-state index in [4.69, 9.17) is 10.5 Å². The maximum absolute atomic E-state index is 13.5. The Bertz CT molecular complexity index is 1040. The molecule has 4 rings (SSSR count). The summed E-state index contributed by atoms with van der Waals surface area (Å²) in [6, 6.07) is 16.6. The van der Waals surface area contributed by atoms with E-state index < -0.39 is 0 Å². The summed E-state index contributed by atoms with van der Waals surface area (Å²) in [5.74, 6) is 0.101. The van der Waals surface area contributed by atoms with Crippen molar-refractivity contribution in [3.8, 4) is 11.1 Å². The van der Waals surface area contributed by atoms with Crippen LogP contribution in [0.25, 0.3) is 11.1 Å². The van der Waals surface area contributed by atoms with E-state index in [-0.39, 0.29) is 23.8 Å². The lowest BCUT2D eigenvalue weighted by molar-refractivity contribution is -0.120. The second-order valence-electron chi connectivity index (χ2n) is 8.74. The number of nitrogens with two attached hydrogens (primary N) is 1. The Morgan fingerprint density at radius 2 is 1.82 bits per heavy atom. The van der Waals surface area contributed by atoms with E-state index in [0.717, 1.165) is 36.2 Å². The minimum Gasteiger partial charge on any atom is -0.383 e. The summed E-state index contributed by atoms with van der Waals surface area (Å²) in [6.07, 6.45) is 8.10. The van der Waals surface area contributed by atoms with Gasteiger partial charge >= 0.3 is 0 Å². The smallest absolute Gasteiger partial charge is 0.230 e. The predicted octanol–water partition coefficient (Wildman–Crippen LogP) is 4.21. The summed E-state index contributed by atoms with van der Waals surface area (Å²) in [6.45, 7) is 2.99. The van der Waals surface area contributed by atoms with Crippen LogP contribution in [0.5, 0.6) is 0 Å². The Hall–Kier alpha value is -3.09. The van der Waals surface area contributed by atoms with Gasteiger partial charge in [0.25, 0.3) is 0 Å². The number of carbonyl (C=O) groups excluding carboxylic acids is 1. The molecular formula is C27H32N4O2. The molecule has 1 saturated carbocycles. The van der Waals surface area contributed by atoms with E-state index in [9.17, 15) is 4.79 Å². The highest BCUT2D eigenvalue weighted by molar-refractivity contribution is 5.97. The molecule has 6 nitrogen and oxygen atoms in total. The number of aryl methyl sites for hydroxylation is 1. The molecule has 0 aliphatic heterocycles. The summed E-state index contributed by atoms with van der Waals surface area (Å²) in [5, 5.41) is 0. The number of rotatable bonds is 10. The Morgan fingerprint density at radius 1 is 1.12 bits per heavy atom. The second-order valence-corrected chi connectivity index (χ2v) is 8.74. The van der Waals surface area contributed by atoms with Crippen molar-refractivity contribution in [2.45, 2.75) is 38.1 Å². The van der Waals surface area contributed by atoms with E-state index in [1.807, 2.05) is 12.1 Å². The van der Waals surface area contributed by atoms with E-state index in [2.05, 4.69) is 53.3 Å². The number of amides is 1. The molecule has 0 bridgehead atoms. The fourth-order valence-electron chi connectivity index (χ4n) is 4.31. The van der Waals surface area contributed by atoms with Crippen LogP contribution in [0.4, 0.5) is 5.69 Å². The molecule has 0 spiro atoms. The van der Waals surface area contributed by atoms with Gasteiger partial charge in [0.1, 0.15) is 0 Å². The van der Waals surface area contributed by atoms with Gasteiger partial charge in [0.2, 0.25) is 5.91 Å². The minimum atomic E-state index is -0.265. The second kappa shape index (κ2) is 10.7. The lowest BCUT2D eigenvalue weighted by atomic mass is 10.0. The topological polar surface area (TPSA) is 81.3 Å². The maximum Gasteiger partial charge on any atom is 0.230 e. The molecule has 1 amide bonds. The number of anilines is 1. The van der Waals surface area contributed by atoms with E-state index in [0.29, 0.717) is 13.2 Å². The predicted molar refractivity (Wildman–Crippen MR) is 131 cm³/mol. The first-order valence-electron chi connectivity index (χ1n) is 11.6. The van der Waals surface area contributed by atoms with Crippen molar-refractivity contribution in [2.75, 3.05) is 25.2 Å². The lowest BCUT2D eigenvalue weighted by Crippen LogP contribution is -2.44. The van der Waals surface area contributed by atoms with Gasteiger partial charge in [-0.3, -0.25) is 14.8 Å². The molecule has 3 atom stereocenters. The highest BCUT2D eigenvalue weighted by atomic mass is 16.5. The van der Waals surface area contributed by atoms with Gasteiger partial charge in [-0.25, -0.2) is 0 Å². The average molecular weight is 445 g/mol. The Morgan fingerprint density at radius 3 is 2.42 bits per heavy atom. The monoisotopic (exact) mass is 444 g/mol. The molecule has 33 heavy (non-hydrogen) atoms. The molecule has 172 valence electrons. The highest BCUT2D eigenvalue weighted by Crippen LogP contribution is 2.48. The first-order chi connectivity index (χ1) is 16.1. The molecule has 1 aliphatic rings. The molecule has 2 N–H and O–H groups in total. The van der Waals surface area contributed by atoms with Crippen molar-refractivity contribution in [1.82, 2.24) is 9.97 Å². The van der Waals surface area contributed by atoms with Crippen LogP contribution < -0.4 is 10.6 Å². The Labute approximate surface area is 195 Å². The summed E-state index contributed by atoms with van der Waals surface area (Å²) in [4.78, 5) is 23.8. The summed E-state index contributed by atoms with van der Waals surface area (Å²) >= 11 is 0. The standard InChI is InChI=1S/C27H32N4O2/c1-3-4-19-5-7-20(8-6-19)21-9-11-23(12-10-21)31(17-22(28)18-33-2)27(32)25-15-24(25)26-16-29-13-14-30-26/h5-14,16,22,24-25H,3-4,15,17-18,28H2,1-2H3/t22-,24+,25+/m1/s1. The number of carbonyl (C=O) groups is 1. The highest BCUT2D eigenvalue weighted by Gasteiger charge is 2.47. The number of methoxy groups -OCH3 is 1. The molecule has 3 aromatic rings. The molecule has 1 aliphatic carbocycles. The molecule has 6 heteroatoms. The summed E-state index contributed by atoms with van der Waals surface area (Å²) in [7, 11) is 1.62. The third-order valence-electron chi connectivity index (χ3n) is 6.14. The molecule has 0 radical (unpaired) electrons. The number of ether oxygens (including phenoxy) is 1. The summed E-state index contributed by atoms with van der Waals surface area (Å²) < 4.78 is 5.21. The minimum absolute atomic E-state index is 0.0777. The van der Waals surface area contributed by atoms with Crippen LogP contribution >= 0.6 is 0 Å². The first-order valence-corrected chi connectivity index (χ1v) is 11.6. The molecular weight excluding hydrogens is 412 g/mol. The molecule has 0 unspecified atom stereocenters. The number of hydrogen-bond donors (Lipinski definition) is 1. The van der Waals surface area contributed by atoms with Crippen LogP contribution in [-0.4, -0.2) is 42.2 Å².